The minimum absolute atomic E-state index is 0.125. The molecule has 1 amide bonds. The fourth-order valence-corrected chi connectivity index (χ4v) is 3.35. The monoisotopic (exact) mass is 367 g/mol. The zero-order chi connectivity index (χ0) is 18.4. The van der Waals surface area contributed by atoms with Gasteiger partial charge in [0.05, 0.1) is 0 Å². The molecule has 0 radical (unpaired) electrons. The summed E-state index contributed by atoms with van der Waals surface area (Å²) in [6.07, 6.45) is 1.03. The molecule has 5 nitrogen and oxygen atoms in total. The zero-order valence-electron chi connectivity index (χ0n) is 14.8. The summed E-state index contributed by atoms with van der Waals surface area (Å²) in [6.45, 7) is 4.29. The van der Waals surface area contributed by atoms with E-state index in [-0.39, 0.29) is 11.9 Å². The molecule has 0 unspecified atom stereocenters. The summed E-state index contributed by atoms with van der Waals surface area (Å²) in [6, 6.07) is 17.9. The first kappa shape index (κ1) is 18.2. The molecule has 0 saturated carbocycles. The van der Waals surface area contributed by atoms with Crippen molar-refractivity contribution < 1.29 is 9.21 Å². The third kappa shape index (κ3) is 5.20. The molecule has 6 heteroatoms. The molecule has 0 atom stereocenters. The van der Waals surface area contributed by atoms with Crippen LogP contribution in [0.4, 0.5) is 6.01 Å². The van der Waals surface area contributed by atoms with Gasteiger partial charge < -0.3 is 4.42 Å². The number of aryl methyl sites for hydroxylation is 1. The van der Waals surface area contributed by atoms with Gasteiger partial charge in [-0.3, -0.25) is 10.1 Å². The molecule has 0 spiro atoms. The first-order valence-electron chi connectivity index (χ1n) is 8.54. The van der Waals surface area contributed by atoms with Gasteiger partial charge in [0.25, 0.3) is 0 Å². The van der Waals surface area contributed by atoms with E-state index in [1.54, 1.807) is 11.8 Å². The molecule has 0 bridgehead atoms. The second-order valence-corrected chi connectivity index (χ2v) is 7.79. The predicted octanol–water partition coefficient (Wildman–Crippen LogP) is 4.81. The number of thioether (sulfide) groups is 1. The van der Waals surface area contributed by atoms with Crippen molar-refractivity contribution in [3.63, 3.8) is 0 Å². The molecule has 1 heterocycles. The van der Waals surface area contributed by atoms with Crippen LogP contribution in [0.3, 0.4) is 0 Å². The van der Waals surface area contributed by atoms with Crippen LogP contribution in [-0.4, -0.2) is 21.4 Å². The molecule has 0 saturated heterocycles. The molecule has 0 aliphatic carbocycles. The number of nitrogens with one attached hydrogen (secondary N) is 1. The number of carbonyl (C=O) groups excluding carboxylic acids is 1. The van der Waals surface area contributed by atoms with Crippen LogP contribution in [0.5, 0.6) is 0 Å². The maximum atomic E-state index is 12.1. The van der Waals surface area contributed by atoms with Gasteiger partial charge in [0.15, 0.2) is 0 Å². The van der Waals surface area contributed by atoms with Crippen LogP contribution in [0.2, 0.25) is 0 Å². The van der Waals surface area contributed by atoms with Gasteiger partial charge in [0.1, 0.15) is 0 Å². The Balaban J connectivity index is 1.60. The second-order valence-electron chi connectivity index (χ2n) is 6.14. The summed E-state index contributed by atoms with van der Waals surface area (Å²) in [5.74, 6) is 0.253. The van der Waals surface area contributed by atoms with Crippen molar-refractivity contribution in [2.24, 2.45) is 0 Å². The Morgan fingerprint density at radius 2 is 1.92 bits per heavy atom. The molecule has 0 aliphatic heterocycles. The minimum atomic E-state index is -0.145. The van der Waals surface area contributed by atoms with E-state index in [0.717, 1.165) is 16.0 Å². The summed E-state index contributed by atoms with van der Waals surface area (Å²) in [4.78, 5) is 13.2. The lowest BCUT2D eigenvalue weighted by atomic mass is 10.1. The third-order valence-corrected chi connectivity index (χ3v) is 4.61. The normalized spacial score (nSPS) is 10.9. The summed E-state index contributed by atoms with van der Waals surface area (Å²) >= 11 is 1.77. The SMILES string of the molecule is CC(C)Sc1cccc(-c2nnc(NC(=O)CCc3ccccc3)o2)c1. The molecule has 0 fully saturated rings. The Bertz CT molecular complexity index is 862. The van der Waals surface area contributed by atoms with E-state index in [0.29, 0.717) is 24.0 Å². The molecule has 1 aromatic heterocycles. The fourth-order valence-electron chi connectivity index (χ4n) is 2.45. The van der Waals surface area contributed by atoms with Crippen LogP contribution in [0, 0.1) is 0 Å². The molecule has 3 aromatic rings. The molecule has 0 aliphatic rings. The highest BCUT2D eigenvalue weighted by Crippen LogP contribution is 2.28. The van der Waals surface area contributed by atoms with Gasteiger partial charge in [-0.25, -0.2) is 0 Å². The largest absolute Gasteiger partial charge is 0.403 e. The number of hydrogen-bond donors (Lipinski definition) is 1. The predicted molar refractivity (Wildman–Crippen MR) is 104 cm³/mol. The van der Waals surface area contributed by atoms with Gasteiger partial charge in [-0.15, -0.1) is 16.9 Å². The number of aromatic nitrogens is 2. The van der Waals surface area contributed by atoms with E-state index < -0.39 is 0 Å². The third-order valence-electron chi connectivity index (χ3n) is 3.61. The lowest BCUT2D eigenvalue weighted by Gasteiger charge is -2.05. The summed E-state index contributed by atoms with van der Waals surface area (Å²) in [7, 11) is 0. The number of benzene rings is 2. The average molecular weight is 367 g/mol. The van der Waals surface area contributed by atoms with Gasteiger partial charge in [-0.1, -0.05) is 55.3 Å². The number of anilines is 1. The van der Waals surface area contributed by atoms with Crippen molar-refractivity contribution in [3.8, 4) is 11.5 Å². The molecule has 2 aromatic carbocycles. The zero-order valence-corrected chi connectivity index (χ0v) is 15.6. The number of carbonyl (C=O) groups is 1. The van der Waals surface area contributed by atoms with Crippen molar-refractivity contribution in [1.82, 2.24) is 10.2 Å². The highest BCUT2D eigenvalue weighted by molar-refractivity contribution is 7.99. The van der Waals surface area contributed by atoms with Gasteiger partial charge in [-0.05, 0) is 30.2 Å². The van der Waals surface area contributed by atoms with Gasteiger partial charge >= 0.3 is 6.01 Å². The standard InChI is InChI=1S/C20H21N3O2S/c1-14(2)26-17-10-6-9-16(13-17)19-22-23-20(25-19)21-18(24)12-11-15-7-4-3-5-8-15/h3-10,13-14H,11-12H2,1-2H3,(H,21,23,24). The molecular weight excluding hydrogens is 346 g/mol. The van der Waals surface area contributed by atoms with Crippen LogP contribution in [0.25, 0.3) is 11.5 Å². The van der Waals surface area contributed by atoms with Crippen molar-refractivity contribution in [2.45, 2.75) is 36.8 Å². The lowest BCUT2D eigenvalue weighted by molar-refractivity contribution is -0.116. The first-order valence-corrected chi connectivity index (χ1v) is 9.42. The first-order chi connectivity index (χ1) is 12.6. The van der Waals surface area contributed by atoms with Crippen LogP contribution in [0.15, 0.2) is 63.9 Å². The second kappa shape index (κ2) is 8.67. The van der Waals surface area contributed by atoms with Crippen LogP contribution >= 0.6 is 11.8 Å². The molecule has 26 heavy (non-hydrogen) atoms. The molecular formula is C20H21N3O2S. The molecule has 3 rings (SSSR count). The highest BCUT2D eigenvalue weighted by Gasteiger charge is 2.12. The van der Waals surface area contributed by atoms with E-state index in [9.17, 15) is 4.79 Å². The molecule has 1 N–H and O–H groups in total. The van der Waals surface area contributed by atoms with Gasteiger partial charge in [0.2, 0.25) is 11.8 Å². The van der Waals surface area contributed by atoms with Crippen molar-refractivity contribution in [1.29, 1.82) is 0 Å². The van der Waals surface area contributed by atoms with Crippen molar-refractivity contribution >= 4 is 23.7 Å². The number of amides is 1. The minimum Gasteiger partial charge on any atom is -0.403 e. The van der Waals surface area contributed by atoms with Crippen LogP contribution in [0.1, 0.15) is 25.8 Å². The Morgan fingerprint density at radius 3 is 2.69 bits per heavy atom. The Hall–Kier alpha value is -2.60. The van der Waals surface area contributed by atoms with Gasteiger partial charge in [0, 0.05) is 22.1 Å². The van der Waals surface area contributed by atoms with Crippen LogP contribution < -0.4 is 5.32 Å². The number of hydrogen-bond acceptors (Lipinski definition) is 5. The lowest BCUT2D eigenvalue weighted by Crippen LogP contribution is -2.12. The highest BCUT2D eigenvalue weighted by atomic mass is 32.2. The van der Waals surface area contributed by atoms with E-state index in [2.05, 4.69) is 35.4 Å². The average Bonchev–Trinajstić information content (AvgIpc) is 3.09. The number of rotatable bonds is 7. The van der Waals surface area contributed by atoms with E-state index >= 15 is 0 Å². The Morgan fingerprint density at radius 1 is 1.12 bits per heavy atom. The van der Waals surface area contributed by atoms with Crippen molar-refractivity contribution in [2.75, 3.05) is 5.32 Å². The summed E-state index contributed by atoms with van der Waals surface area (Å²) < 4.78 is 5.59. The van der Waals surface area contributed by atoms with E-state index in [4.69, 9.17) is 4.42 Å². The maximum Gasteiger partial charge on any atom is 0.322 e. The number of nitrogens with zero attached hydrogens (tertiary/aromatic N) is 2. The Kier molecular flexibility index (Phi) is 6.07. The summed E-state index contributed by atoms with van der Waals surface area (Å²) in [5, 5.41) is 11.1. The summed E-state index contributed by atoms with van der Waals surface area (Å²) in [5.41, 5.74) is 1.96. The van der Waals surface area contributed by atoms with Crippen LogP contribution in [-0.2, 0) is 11.2 Å². The van der Waals surface area contributed by atoms with E-state index in [1.807, 2.05) is 48.5 Å². The topological polar surface area (TPSA) is 68.0 Å². The van der Waals surface area contributed by atoms with E-state index in [1.165, 1.54) is 0 Å². The maximum absolute atomic E-state index is 12.1. The Labute approximate surface area is 157 Å². The van der Waals surface area contributed by atoms with Gasteiger partial charge in [-0.2, -0.15) is 0 Å². The van der Waals surface area contributed by atoms with Crippen molar-refractivity contribution in [3.05, 3.63) is 60.2 Å². The fraction of sp³-hybridized carbons (Fsp3) is 0.250. The smallest absolute Gasteiger partial charge is 0.322 e. The molecule has 134 valence electrons. The quantitative estimate of drug-likeness (QED) is 0.607.